The van der Waals surface area contributed by atoms with E-state index in [0.29, 0.717) is 0 Å². The number of amides is 2. The van der Waals surface area contributed by atoms with Gasteiger partial charge >= 0.3 is 11.8 Å². The first-order valence-corrected chi connectivity index (χ1v) is 5.06. The first kappa shape index (κ1) is 13.7. The summed E-state index contributed by atoms with van der Waals surface area (Å²) in [6.45, 7) is -0.358. The molecule has 1 rings (SSSR count). The largest absolute Gasteiger partial charge is 0.545 e. The van der Waals surface area contributed by atoms with Crippen LogP contribution >= 0.6 is 0 Å². The van der Waals surface area contributed by atoms with Gasteiger partial charge in [0, 0.05) is 12.1 Å². The zero-order valence-electron chi connectivity index (χ0n) is 9.30. The predicted molar refractivity (Wildman–Crippen MR) is 59.5 cm³/mol. The Kier molecular flexibility index (Phi) is 4.82. The van der Waals surface area contributed by atoms with E-state index in [1.807, 2.05) is 0 Å². The van der Waals surface area contributed by atoms with E-state index in [9.17, 15) is 19.5 Å². The molecule has 0 bridgehead atoms. The van der Waals surface area contributed by atoms with Crippen LogP contribution in [0, 0.1) is 0 Å². The number of carbonyl (C=O) groups excluding carboxylic acids is 3. The van der Waals surface area contributed by atoms with Gasteiger partial charge in [-0.25, -0.2) is 0 Å². The summed E-state index contributed by atoms with van der Waals surface area (Å²) in [4.78, 5) is 33.3. The number of rotatable bonds is 4. The molecule has 7 heteroatoms. The number of carboxylic acids is 1. The average Bonchev–Trinajstić information content (AvgIpc) is 2.36. The van der Waals surface area contributed by atoms with Gasteiger partial charge in [0.25, 0.3) is 0 Å². The lowest BCUT2D eigenvalue weighted by Gasteiger charge is -2.11. The fourth-order valence-corrected chi connectivity index (χ4v) is 1.20. The summed E-state index contributed by atoms with van der Waals surface area (Å²) in [5.74, 6) is -3.43. The smallest absolute Gasteiger partial charge is 0.313 e. The van der Waals surface area contributed by atoms with Crippen LogP contribution in [0.3, 0.4) is 0 Å². The molecule has 0 aromatic heterocycles. The molecule has 0 spiro atoms. The number of carbonyl (C=O) groups is 3. The highest BCUT2D eigenvalue weighted by Gasteiger charge is 2.14. The number of benzene rings is 1. The van der Waals surface area contributed by atoms with Crippen molar-refractivity contribution in [1.82, 2.24) is 5.32 Å². The van der Waals surface area contributed by atoms with Crippen LogP contribution in [-0.4, -0.2) is 36.0 Å². The third-order valence-electron chi connectivity index (χ3n) is 2.00. The van der Waals surface area contributed by atoms with Crippen LogP contribution in [0.4, 0.5) is 5.69 Å². The first-order chi connectivity index (χ1) is 8.56. The SMILES string of the molecule is O=C(NCCO)C(=O)Nc1ccccc1C(=O)[O-]. The molecule has 0 aliphatic heterocycles. The van der Waals surface area contributed by atoms with Crippen molar-refractivity contribution in [2.24, 2.45) is 0 Å². The maximum Gasteiger partial charge on any atom is 0.313 e. The Morgan fingerprint density at radius 2 is 1.83 bits per heavy atom. The van der Waals surface area contributed by atoms with E-state index in [1.165, 1.54) is 24.3 Å². The lowest BCUT2D eigenvalue weighted by atomic mass is 10.2. The van der Waals surface area contributed by atoms with Crippen LogP contribution in [0.2, 0.25) is 0 Å². The van der Waals surface area contributed by atoms with Gasteiger partial charge in [0.05, 0.1) is 18.3 Å². The molecule has 18 heavy (non-hydrogen) atoms. The molecule has 96 valence electrons. The van der Waals surface area contributed by atoms with E-state index in [4.69, 9.17) is 5.11 Å². The van der Waals surface area contributed by atoms with Crippen molar-refractivity contribution in [3.63, 3.8) is 0 Å². The summed E-state index contributed by atoms with van der Waals surface area (Å²) in [6.07, 6.45) is 0. The zero-order chi connectivity index (χ0) is 13.5. The van der Waals surface area contributed by atoms with E-state index in [0.717, 1.165) is 0 Å². The minimum atomic E-state index is -1.46. The van der Waals surface area contributed by atoms with Crippen molar-refractivity contribution in [3.05, 3.63) is 29.8 Å². The molecule has 0 aliphatic rings. The molecular formula is C11H11N2O5-. The molecule has 0 heterocycles. The molecule has 2 amide bonds. The predicted octanol–water partition coefficient (Wildman–Crippen LogP) is -1.90. The molecule has 0 unspecified atom stereocenters. The summed E-state index contributed by atoms with van der Waals surface area (Å²) in [6, 6.07) is 5.55. The van der Waals surface area contributed by atoms with E-state index in [1.54, 1.807) is 0 Å². The Morgan fingerprint density at radius 1 is 1.17 bits per heavy atom. The minimum Gasteiger partial charge on any atom is -0.545 e. The van der Waals surface area contributed by atoms with Crippen molar-refractivity contribution in [2.75, 3.05) is 18.5 Å². The number of hydrogen-bond donors (Lipinski definition) is 3. The Labute approximate surface area is 102 Å². The van der Waals surface area contributed by atoms with Crippen molar-refractivity contribution >= 4 is 23.5 Å². The number of nitrogens with one attached hydrogen (secondary N) is 2. The Hall–Kier alpha value is -2.41. The molecule has 1 aromatic rings. The Bertz CT molecular complexity index is 472. The number of aliphatic hydroxyl groups excluding tert-OH is 1. The normalized spacial score (nSPS) is 9.61. The summed E-state index contributed by atoms with van der Waals surface area (Å²) in [5.41, 5.74) is -0.248. The molecule has 0 fully saturated rings. The summed E-state index contributed by atoms with van der Waals surface area (Å²) in [5, 5.41) is 23.5. The third-order valence-corrected chi connectivity index (χ3v) is 2.00. The number of aliphatic hydroxyl groups is 1. The van der Waals surface area contributed by atoms with Gasteiger partial charge in [0.2, 0.25) is 0 Å². The van der Waals surface area contributed by atoms with Gasteiger partial charge < -0.3 is 25.6 Å². The fourth-order valence-electron chi connectivity index (χ4n) is 1.20. The van der Waals surface area contributed by atoms with Gasteiger partial charge in [0.1, 0.15) is 0 Å². The van der Waals surface area contributed by atoms with Crippen molar-refractivity contribution in [1.29, 1.82) is 0 Å². The van der Waals surface area contributed by atoms with Gasteiger partial charge in [-0.2, -0.15) is 0 Å². The molecule has 0 radical (unpaired) electrons. The summed E-state index contributed by atoms with van der Waals surface area (Å²) >= 11 is 0. The van der Waals surface area contributed by atoms with Crippen LogP contribution < -0.4 is 15.7 Å². The van der Waals surface area contributed by atoms with Crippen LogP contribution in [0.15, 0.2) is 24.3 Å². The van der Waals surface area contributed by atoms with E-state index in [2.05, 4.69) is 10.6 Å². The van der Waals surface area contributed by atoms with Crippen LogP contribution in [0.5, 0.6) is 0 Å². The summed E-state index contributed by atoms with van der Waals surface area (Å²) in [7, 11) is 0. The van der Waals surface area contributed by atoms with E-state index < -0.39 is 17.8 Å². The van der Waals surface area contributed by atoms with Crippen LogP contribution in [-0.2, 0) is 9.59 Å². The summed E-state index contributed by atoms with van der Waals surface area (Å²) < 4.78 is 0. The maximum absolute atomic E-state index is 11.4. The lowest BCUT2D eigenvalue weighted by Crippen LogP contribution is -2.37. The molecule has 3 N–H and O–H groups in total. The molecule has 0 aliphatic carbocycles. The highest BCUT2D eigenvalue weighted by atomic mass is 16.4. The van der Waals surface area contributed by atoms with Gasteiger partial charge in [-0.3, -0.25) is 9.59 Å². The lowest BCUT2D eigenvalue weighted by molar-refractivity contribution is -0.254. The molecule has 0 saturated heterocycles. The second kappa shape index (κ2) is 6.36. The van der Waals surface area contributed by atoms with Gasteiger partial charge in [-0.15, -0.1) is 0 Å². The number of aromatic carboxylic acids is 1. The van der Waals surface area contributed by atoms with Crippen molar-refractivity contribution < 1.29 is 24.6 Å². The highest BCUT2D eigenvalue weighted by molar-refractivity contribution is 6.39. The third kappa shape index (κ3) is 3.56. The standard InChI is InChI=1S/C11H12N2O5/c14-6-5-12-9(15)10(16)13-8-4-2-1-3-7(8)11(17)18/h1-4,14H,5-6H2,(H,12,15)(H,13,16)(H,17,18)/p-1. The fraction of sp³-hybridized carbons (Fsp3) is 0.182. The molecular weight excluding hydrogens is 240 g/mol. The van der Waals surface area contributed by atoms with Gasteiger partial charge in [0.15, 0.2) is 0 Å². The Morgan fingerprint density at radius 3 is 2.44 bits per heavy atom. The first-order valence-electron chi connectivity index (χ1n) is 5.06. The number of hydrogen-bond acceptors (Lipinski definition) is 5. The maximum atomic E-state index is 11.4. The molecule has 0 atom stereocenters. The monoisotopic (exact) mass is 251 g/mol. The number of para-hydroxylation sites is 1. The van der Waals surface area contributed by atoms with E-state index in [-0.39, 0.29) is 24.4 Å². The van der Waals surface area contributed by atoms with Crippen molar-refractivity contribution in [3.8, 4) is 0 Å². The zero-order valence-corrected chi connectivity index (χ0v) is 9.30. The minimum absolute atomic E-state index is 0.0263. The van der Waals surface area contributed by atoms with Gasteiger partial charge in [-0.1, -0.05) is 18.2 Å². The number of carboxylic acid groups (broad SMARTS) is 1. The second-order valence-corrected chi connectivity index (χ2v) is 3.27. The molecule has 0 saturated carbocycles. The Balaban J connectivity index is 2.76. The van der Waals surface area contributed by atoms with Gasteiger partial charge in [-0.05, 0) is 6.07 Å². The average molecular weight is 251 g/mol. The second-order valence-electron chi connectivity index (χ2n) is 3.27. The highest BCUT2D eigenvalue weighted by Crippen LogP contribution is 2.13. The molecule has 7 nitrogen and oxygen atoms in total. The quantitative estimate of drug-likeness (QED) is 0.540. The number of anilines is 1. The molecule has 1 aromatic carbocycles. The topological polar surface area (TPSA) is 119 Å². The van der Waals surface area contributed by atoms with E-state index >= 15 is 0 Å². The van der Waals surface area contributed by atoms with Crippen LogP contribution in [0.1, 0.15) is 10.4 Å². The van der Waals surface area contributed by atoms with Crippen LogP contribution in [0.25, 0.3) is 0 Å². The van der Waals surface area contributed by atoms with Crippen molar-refractivity contribution in [2.45, 2.75) is 0 Å².